The number of aryl methyl sites for hydroxylation is 2. The average Bonchev–Trinajstić information content (AvgIpc) is 3.12. The van der Waals surface area contributed by atoms with E-state index in [0.29, 0.717) is 25.7 Å². The minimum absolute atomic E-state index is 0. The van der Waals surface area contributed by atoms with Gasteiger partial charge in [-0.2, -0.15) is 5.10 Å². The van der Waals surface area contributed by atoms with Gasteiger partial charge < -0.3 is 20.3 Å². The molecule has 0 bridgehead atoms. The number of aliphatic imine (C=N–C) groups is 1. The summed E-state index contributed by atoms with van der Waals surface area (Å²) in [6, 6.07) is 5.79. The molecular formula is C19H26BrIN6O2. The normalized spacial score (nSPS) is 16.9. The number of hydrogen-bond acceptors (Lipinski definition) is 4. The van der Waals surface area contributed by atoms with Gasteiger partial charge in [0.05, 0.1) is 25.9 Å². The summed E-state index contributed by atoms with van der Waals surface area (Å²) in [5, 5.41) is 10.3. The summed E-state index contributed by atoms with van der Waals surface area (Å²) in [7, 11) is 3.60. The lowest BCUT2D eigenvalue weighted by Crippen LogP contribution is -2.49. The predicted molar refractivity (Wildman–Crippen MR) is 128 cm³/mol. The van der Waals surface area contributed by atoms with Crippen molar-refractivity contribution < 1.29 is 9.53 Å². The molecule has 1 amide bonds. The molecule has 1 atom stereocenters. The Morgan fingerprint density at radius 2 is 2.24 bits per heavy atom. The minimum atomic E-state index is -0.126. The monoisotopic (exact) mass is 576 g/mol. The molecule has 10 heteroatoms. The van der Waals surface area contributed by atoms with E-state index in [-0.39, 0.29) is 42.5 Å². The Bertz CT molecular complexity index is 872. The number of benzene rings is 1. The number of rotatable bonds is 4. The molecule has 1 saturated heterocycles. The Morgan fingerprint density at radius 3 is 2.93 bits per heavy atom. The predicted octanol–water partition coefficient (Wildman–Crippen LogP) is 2.70. The first-order chi connectivity index (χ1) is 13.5. The van der Waals surface area contributed by atoms with Gasteiger partial charge in [-0.15, -0.1) is 24.0 Å². The molecule has 2 N–H and O–H groups in total. The second-order valence-corrected chi connectivity index (χ2v) is 7.58. The van der Waals surface area contributed by atoms with Crippen molar-refractivity contribution in [2.75, 3.05) is 38.6 Å². The van der Waals surface area contributed by atoms with Crippen LogP contribution in [0.4, 0.5) is 5.69 Å². The molecule has 1 fully saturated rings. The molecule has 3 rings (SSSR count). The van der Waals surface area contributed by atoms with Crippen LogP contribution >= 0.6 is 39.9 Å². The SMILES string of the molecule is CN=C(NCC(=O)Nc1cc(Br)ccc1C)N1CCOC(c2cnn(C)c2)C1.I. The van der Waals surface area contributed by atoms with E-state index < -0.39 is 0 Å². The van der Waals surface area contributed by atoms with E-state index in [1.165, 1.54) is 0 Å². The largest absolute Gasteiger partial charge is 0.370 e. The number of amides is 1. The fourth-order valence-corrected chi connectivity index (χ4v) is 3.43. The maximum Gasteiger partial charge on any atom is 0.243 e. The first-order valence-electron chi connectivity index (χ1n) is 9.08. The van der Waals surface area contributed by atoms with Gasteiger partial charge >= 0.3 is 0 Å². The average molecular weight is 577 g/mol. The number of halogens is 2. The number of aromatic nitrogens is 2. The lowest BCUT2D eigenvalue weighted by molar-refractivity contribution is -0.115. The molecule has 8 nitrogen and oxygen atoms in total. The van der Waals surface area contributed by atoms with Crippen molar-refractivity contribution in [2.45, 2.75) is 13.0 Å². The third kappa shape index (κ3) is 6.41. The summed E-state index contributed by atoms with van der Waals surface area (Å²) < 4.78 is 8.56. The van der Waals surface area contributed by atoms with Crippen LogP contribution in [-0.4, -0.2) is 59.8 Å². The van der Waals surface area contributed by atoms with Gasteiger partial charge in [0.15, 0.2) is 5.96 Å². The number of nitrogens with zero attached hydrogens (tertiary/aromatic N) is 4. The van der Waals surface area contributed by atoms with Crippen LogP contribution in [0, 0.1) is 6.92 Å². The second-order valence-electron chi connectivity index (χ2n) is 6.66. The van der Waals surface area contributed by atoms with Gasteiger partial charge in [-0.05, 0) is 24.6 Å². The van der Waals surface area contributed by atoms with Crippen LogP contribution in [0.2, 0.25) is 0 Å². The molecule has 1 aromatic carbocycles. The van der Waals surface area contributed by atoms with Crippen LogP contribution in [0.3, 0.4) is 0 Å². The first-order valence-corrected chi connectivity index (χ1v) is 9.87. The highest BCUT2D eigenvalue weighted by atomic mass is 127. The fourth-order valence-electron chi connectivity index (χ4n) is 3.06. The maximum atomic E-state index is 12.4. The Hall–Kier alpha value is -1.66. The van der Waals surface area contributed by atoms with Crippen molar-refractivity contribution in [3.8, 4) is 0 Å². The van der Waals surface area contributed by atoms with Crippen LogP contribution in [0.15, 0.2) is 40.1 Å². The quantitative estimate of drug-likeness (QED) is 0.332. The summed E-state index contributed by atoms with van der Waals surface area (Å²) in [5.74, 6) is 0.553. The van der Waals surface area contributed by atoms with E-state index in [1.807, 2.05) is 44.6 Å². The van der Waals surface area contributed by atoms with Crippen molar-refractivity contribution in [3.05, 3.63) is 46.2 Å². The molecule has 1 unspecified atom stereocenters. The van der Waals surface area contributed by atoms with Crippen molar-refractivity contribution >= 4 is 57.5 Å². The summed E-state index contributed by atoms with van der Waals surface area (Å²) in [6.45, 7) is 4.04. The molecule has 0 aliphatic carbocycles. The van der Waals surface area contributed by atoms with Gasteiger partial charge in [-0.3, -0.25) is 14.5 Å². The van der Waals surface area contributed by atoms with Crippen LogP contribution in [-0.2, 0) is 16.6 Å². The van der Waals surface area contributed by atoms with E-state index in [2.05, 4.69) is 41.6 Å². The number of ether oxygens (including phenoxy) is 1. The van der Waals surface area contributed by atoms with Crippen molar-refractivity contribution in [3.63, 3.8) is 0 Å². The fraction of sp³-hybridized carbons (Fsp3) is 0.421. The topological polar surface area (TPSA) is 83.8 Å². The van der Waals surface area contributed by atoms with Gasteiger partial charge in [0.1, 0.15) is 6.10 Å². The Labute approximate surface area is 196 Å². The Kier molecular flexibility index (Phi) is 8.90. The number of carbonyl (C=O) groups is 1. The van der Waals surface area contributed by atoms with Crippen LogP contribution < -0.4 is 10.6 Å². The lowest BCUT2D eigenvalue weighted by Gasteiger charge is -2.34. The third-order valence-electron chi connectivity index (χ3n) is 4.56. The van der Waals surface area contributed by atoms with Crippen molar-refractivity contribution in [2.24, 2.45) is 12.0 Å². The summed E-state index contributed by atoms with van der Waals surface area (Å²) in [4.78, 5) is 18.8. The van der Waals surface area contributed by atoms with Crippen molar-refractivity contribution in [1.29, 1.82) is 0 Å². The molecule has 0 radical (unpaired) electrons. The molecule has 2 heterocycles. The van der Waals surface area contributed by atoms with E-state index >= 15 is 0 Å². The Morgan fingerprint density at radius 1 is 1.45 bits per heavy atom. The van der Waals surface area contributed by atoms with E-state index in [4.69, 9.17) is 4.74 Å². The maximum absolute atomic E-state index is 12.4. The van der Waals surface area contributed by atoms with Crippen molar-refractivity contribution in [1.82, 2.24) is 20.0 Å². The number of hydrogen-bond donors (Lipinski definition) is 2. The lowest BCUT2D eigenvalue weighted by atomic mass is 10.1. The van der Waals surface area contributed by atoms with Crippen LogP contribution in [0.1, 0.15) is 17.2 Å². The molecule has 1 aliphatic heterocycles. The third-order valence-corrected chi connectivity index (χ3v) is 5.05. The van der Waals surface area contributed by atoms with Gasteiger partial charge in [-0.1, -0.05) is 22.0 Å². The highest BCUT2D eigenvalue weighted by molar-refractivity contribution is 14.0. The number of guanidine groups is 1. The number of carbonyl (C=O) groups excluding carboxylic acids is 1. The Balaban J connectivity index is 0.00000300. The van der Waals surface area contributed by atoms with E-state index in [1.54, 1.807) is 11.7 Å². The number of morpholine rings is 1. The van der Waals surface area contributed by atoms with Crippen LogP contribution in [0.25, 0.3) is 0 Å². The van der Waals surface area contributed by atoms with Gasteiger partial charge in [-0.25, -0.2) is 0 Å². The first kappa shape index (κ1) is 23.6. The van der Waals surface area contributed by atoms with Gasteiger partial charge in [0, 0.05) is 42.6 Å². The summed E-state index contributed by atoms with van der Waals surface area (Å²) in [5.41, 5.74) is 2.83. The summed E-state index contributed by atoms with van der Waals surface area (Å²) >= 11 is 3.43. The smallest absolute Gasteiger partial charge is 0.243 e. The van der Waals surface area contributed by atoms with E-state index in [0.717, 1.165) is 21.3 Å². The molecule has 1 aromatic heterocycles. The number of nitrogens with one attached hydrogen (secondary N) is 2. The second kappa shape index (κ2) is 10.9. The van der Waals surface area contributed by atoms with Crippen LogP contribution in [0.5, 0.6) is 0 Å². The molecular weight excluding hydrogens is 551 g/mol. The zero-order chi connectivity index (χ0) is 20.1. The minimum Gasteiger partial charge on any atom is -0.370 e. The highest BCUT2D eigenvalue weighted by Crippen LogP contribution is 2.22. The highest BCUT2D eigenvalue weighted by Gasteiger charge is 2.25. The molecule has 29 heavy (non-hydrogen) atoms. The summed E-state index contributed by atoms with van der Waals surface area (Å²) in [6.07, 6.45) is 3.70. The van der Waals surface area contributed by atoms with Gasteiger partial charge in [0.2, 0.25) is 5.91 Å². The van der Waals surface area contributed by atoms with Gasteiger partial charge in [0.25, 0.3) is 0 Å². The zero-order valence-electron chi connectivity index (χ0n) is 16.7. The molecule has 2 aromatic rings. The molecule has 158 valence electrons. The standard InChI is InChI=1S/C19H25BrN6O2.HI/c1-13-4-5-15(20)8-16(13)24-18(27)10-22-19(21-2)26-6-7-28-17(12-26)14-9-23-25(3)11-14;/h4-5,8-9,11,17H,6-7,10,12H2,1-3H3,(H,21,22)(H,24,27);1H. The number of anilines is 1. The molecule has 1 aliphatic rings. The molecule has 0 saturated carbocycles. The molecule has 0 spiro atoms. The van der Waals surface area contributed by atoms with E-state index in [9.17, 15) is 4.79 Å². The zero-order valence-corrected chi connectivity index (χ0v) is 20.6.